The minimum atomic E-state index is -0.0534. The van der Waals surface area contributed by atoms with Gasteiger partial charge in [0, 0.05) is 50.4 Å². The number of anilines is 1. The summed E-state index contributed by atoms with van der Waals surface area (Å²) in [6, 6.07) is 14.5. The largest absolute Gasteiger partial charge is 0.356 e. The number of rotatable bonds is 5. The van der Waals surface area contributed by atoms with Gasteiger partial charge in [0.1, 0.15) is 5.82 Å². The van der Waals surface area contributed by atoms with E-state index in [-0.39, 0.29) is 5.91 Å². The van der Waals surface area contributed by atoms with Crippen LogP contribution in [0.1, 0.15) is 35.2 Å². The van der Waals surface area contributed by atoms with Gasteiger partial charge in [-0.1, -0.05) is 30.3 Å². The maximum absolute atomic E-state index is 11.9. The fraction of sp³-hybridized carbons (Fsp3) is 0.478. The van der Waals surface area contributed by atoms with Crippen LogP contribution in [0, 0.1) is 5.41 Å². The lowest BCUT2D eigenvalue weighted by Gasteiger charge is -2.40. The van der Waals surface area contributed by atoms with Gasteiger partial charge in [0.15, 0.2) is 0 Å². The number of piperidine rings is 1. The third kappa shape index (κ3) is 4.20. The molecule has 2 fully saturated rings. The standard InChI is InChI=1S/C23H30N4O/c1-24-22(28)20-8-12-25-21(16-20)27-15-11-23(18-27)10-5-13-26(17-23)14-9-19-6-3-2-4-7-19/h2-4,6-8,12,16H,5,9-11,13-15,17-18H2,1H3,(H,24,28). The van der Waals surface area contributed by atoms with E-state index in [2.05, 4.69) is 50.4 Å². The van der Waals surface area contributed by atoms with Crippen LogP contribution in [0.5, 0.6) is 0 Å². The van der Waals surface area contributed by atoms with Gasteiger partial charge in [0.2, 0.25) is 0 Å². The van der Waals surface area contributed by atoms with Crippen molar-refractivity contribution in [3.05, 3.63) is 59.8 Å². The minimum Gasteiger partial charge on any atom is -0.356 e. The Balaban J connectivity index is 1.39. The fourth-order valence-electron chi connectivity index (χ4n) is 4.77. The van der Waals surface area contributed by atoms with Gasteiger partial charge in [-0.3, -0.25) is 4.79 Å². The van der Waals surface area contributed by atoms with Crippen molar-refractivity contribution in [1.29, 1.82) is 0 Å². The van der Waals surface area contributed by atoms with Crippen molar-refractivity contribution in [2.45, 2.75) is 25.7 Å². The summed E-state index contributed by atoms with van der Waals surface area (Å²) in [6.45, 7) is 5.58. The molecule has 1 amide bonds. The topological polar surface area (TPSA) is 48.5 Å². The van der Waals surface area contributed by atoms with Crippen molar-refractivity contribution in [1.82, 2.24) is 15.2 Å². The number of nitrogens with one attached hydrogen (secondary N) is 1. The molecular formula is C23H30N4O. The van der Waals surface area contributed by atoms with Crippen LogP contribution in [-0.2, 0) is 6.42 Å². The summed E-state index contributed by atoms with van der Waals surface area (Å²) in [6.07, 6.45) is 6.64. The Bertz CT molecular complexity index is 809. The number of likely N-dealkylation sites (tertiary alicyclic amines) is 1. The number of hydrogen-bond acceptors (Lipinski definition) is 4. The number of hydrogen-bond donors (Lipinski definition) is 1. The third-order valence-electron chi connectivity index (χ3n) is 6.30. The molecule has 5 nitrogen and oxygen atoms in total. The van der Waals surface area contributed by atoms with Crippen LogP contribution >= 0.6 is 0 Å². The second-order valence-electron chi connectivity index (χ2n) is 8.27. The van der Waals surface area contributed by atoms with Gasteiger partial charge in [-0.15, -0.1) is 0 Å². The van der Waals surface area contributed by atoms with E-state index in [0.29, 0.717) is 11.0 Å². The predicted octanol–water partition coefficient (Wildman–Crippen LogP) is 2.98. The molecule has 0 radical (unpaired) electrons. The molecule has 0 bridgehead atoms. The van der Waals surface area contributed by atoms with E-state index in [0.717, 1.165) is 31.9 Å². The van der Waals surface area contributed by atoms with E-state index < -0.39 is 0 Å². The van der Waals surface area contributed by atoms with E-state index in [1.165, 1.54) is 37.9 Å². The first kappa shape index (κ1) is 18.9. The van der Waals surface area contributed by atoms with E-state index in [4.69, 9.17) is 0 Å². The van der Waals surface area contributed by atoms with Gasteiger partial charge in [0.05, 0.1) is 0 Å². The summed E-state index contributed by atoms with van der Waals surface area (Å²) in [5, 5.41) is 2.70. The average molecular weight is 379 g/mol. The Labute approximate surface area is 167 Å². The number of carbonyl (C=O) groups excluding carboxylic acids is 1. The first-order chi connectivity index (χ1) is 13.7. The highest BCUT2D eigenvalue weighted by Crippen LogP contribution is 2.40. The zero-order chi connectivity index (χ0) is 19.4. The smallest absolute Gasteiger partial charge is 0.251 e. The van der Waals surface area contributed by atoms with Crippen LogP contribution in [-0.4, -0.2) is 55.6 Å². The van der Waals surface area contributed by atoms with Gasteiger partial charge in [-0.05, 0) is 49.9 Å². The molecule has 2 aliphatic heterocycles. The van der Waals surface area contributed by atoms with Gasteiger partial charge in [-0.2, -0.15) is 0 Å². The van der Waals surface area contributed by atoms with E-state index >= 15 is 0 Å². The molecule has 2 aliphatic rings. The molecule has 3 heterocycles. The molecule has 1 atom stereocenters. The SMILES string of the molecule is CNC(=O)c1ccnc(N2CCC3(CCCN(CCc4ccccc4)C3)C2)c1. The van der Waals surface area contributed by atoms with Crippen LogP contribution < -0.4 is 10.2 Å². The minimum absolute atomic E-state index is 0.0534. The lowest BCUT2D eigenvalue weighted by Crippen LogP contribution is -2.45. The summed E-state index contributed by atoms with van der Waals surface area (Å²) >= 11 is 0. The van der Waals surface area contributed by atoms with Crippen molar-refractivity contribution >= 4 is 11.7 Å². The number of pyridine rings is 1. The maximum atomic E-state index is 11.9. The first-order valence-corrected chi connectivity index (χ1v) is 10.4. The lowest BCUT2D eigenvalue weighted by molar-refractivity contribution is 0.0963. The second-order valence-corrected chi connectivity index (χ2v) is 8.27. The molecule has 0 saturated carbocycles. The Hall–Kier alpha value is -2.40. The number of carbonyl (C=O) groups is 1. The number of nitrogens with zero attached hydrogens (tertiary/aromatic N) is 3. The van der Waals surface area contributed by atoms with Gasteiger partial charge >= 0.3 is 0 Å². The fourth-order valence-corrected chi connectivity index (χ4v) is 4.77. The number of aromatic nitrogens is 1. The molecule has 1 N–H and O–H groups in total. The third-order valence-corrected chi connectivity index (χ3v) is 6.30. The predicted molar refractivity (Wildman–Crippen MR) is 113 cm³/mol. The summed E-state index contributed by atoms with van der Waals surface area (Å²) in [4.78, 5) is 21.5. The van der Waals surface area contributed by atoms with E-state index in [1.807, 2.05) is 6.07 Å². The number of benzene rings is 1. The Morgan fingerprint density at radius 3 is 2.82 bits per heavy atom. The summed E-state index contributed by atoms with van der Waals surface area (Å²) in [5.74, 6) is 0.877. The number of amides is 1. The summed E-state index contributed by atoms with van der Waals surface area (Å²) in [5.41, 5.74) is 2.46. The van der Waals surface area contributed by atoms with Crippen molar-refractivity contribution in [3.8, 4) is 0 Å². The monoisotopic (exact) mass is 378 g/mol. The Morgan fingerprint density at radius 1 is 1.14 bits per heavy atom. The molecule has 148 valence electrons. The molecule has 28 heavy (non-hydrogen) atoms. The van der Waals surface area contributed by atoms with Crippen molar-refractivity contribution in [2.75, 3.05) is 44.7 Å². The highest BCUT2D eigenvalue weighted by Gasteiger charge is 2.41. The van der Waals surface area contributed by atoms with Crippen LogP contribution in [0.25, 0.3) is 0 Å². The molecule has 2 aromatic rings. The molecule has 1 aromatic heterocycles. The molecule has 1 spiro atoms. The van der Waals surface area contributed by atoms with E-state index in [1.54, 1.807) is 19.3 Å². The first-order valence-electron chi connectivity index (χ1n) is 10.4. The zero-order valence-corrected chi connectivity index (χ0v) is 16.7. The normalized spacial score (nSPS) is 22.5. The van der Waals surface area contributed by atoms with Crippen LogP contribution in [0.4, 0.5) is 5.82 Å². The second kappa shape index (κ2) is 8.31. The highest BCUT2D eigenvalue weighted by atomic mass is 16.1. The van der Waals surface area contributed by atoms with Crippen molar-refractivity contribution in [2.24, 2.45) is 5.41 Å². The molecule has 0 aliphatic carbocycles. The van der Waals surface area contributed by atoms with Gasteiger partial charge in [0.25, 0.3) is 5.91 Å². The molecule has 1 unspecified atom stereocenters. The molecule has 5 heteroatoms. The quantitative estimate of drug-likeness (QED) is 0.869. The summed E-state index contributed by atoms with van der Waals surface area (Å²) < 4.78 is 0. The van der Waals surface area contributed by atoms with E-state index in [9.17, 15) is 4.79 Å². The Kier molecular flexibility index (Phi) is 5.62. The van der Waals surface area contributed by atoms with Crippen molar-refractivity contribution < 1.29 is 4.79 Å². The van der Waals surface area contributed by atoms with Crippen LogP contribution in [0.15, 0.2) is 48.7 Å². The lowest BCUT2D eigenvalue weighted by atomic mass is 9.79. The average Bonchev–Trinajstić information content (AvgIpc) is 3.15. The molecule has 1 aromatic carbocycles. The van der Waals surface area contributed by atoms with Crippen LogP contribution in [0.3, 0.4) is 0 Å². The Morgan fingerprint density at radius 2 is 2.00 bits per heavy atom. The molecule has 4 rings (SSSR count). The molecular weight excluding hydrogens is 348 g/mol. The highest BCUT2D eigenvalue weighted by molar-refractivity contribution is 5.94. The van der Waals surface area contributed by atoms with Gasteiger partial charge < -0.3 is 15.1 Å². The molecule has 2 saturated heterocycles. The van der Waals surface area contributed by atoms with Gasteiger partial charge in [-0.25, -0.2) is 4.98 Å². The maximum Gasteiger partial charge on any atom is 0.251 e. The van der Waals surface area contributed by atoms with Crippen LogP contribution in [0.2, 0.25) is 0 Å². The zero-order valence-electron chi connectivity index (χ0n) is 16.7. The summed E-state index contributed by atoms with van der Waals surface area (Å²) in [7, 11) is 1.67. The van der Waals surface area contributed by atoms with Crippen molar-refractivity contribution in [3.63, 3.8) is 0 Å².